The zero-order valence-corrected chi connectivity index (χ0v) is 14.6. The van der Waals surface area contributed by atoms with Gasteiger partial charge in [0.25, 0.3) is 0 Å². The highest BCUT2D eigenvalue weighted by Gasteiger charge is 2.27. The highest BCUT2D eigenvalue weighted by molar-refractivity contribution is 5.83. The number of aryl methyl sites for hydroxylation is 1. The second-order valence-corrected chi connectivity index (χ2v) is 6.53. The van der Waals surface area contributed by atoms with Crippen molar-refractivity contribution in [2.75, 3.05) is 13.6 Å². The van der Waals surface area contributed by atoms with Crippen LogP contribution in [0, 0.1) is 12.7 Å². The number of carbonyl (C=O) groups excluding carboxylic acids is 1. The summed E-state index contributed by atoms with van der Waals surface area (Å²) < 4.78 is 19.0. The molecular weight excluding hydrogens is 319 g/mol. The van der Waals surface area contributed by atoms with Crippen LogP contribution in [0.3, 0.4) is 0 Å². The molecule has 0 aromatic heterocycles. The van der Waals surface area contributed by atoms with Gasteiger partial charge in [0.1, 0.15) is 18.2 Å². The van der Waals surface area contributed by atoms with Crippen LogP contribution in [-0.4, -0.2) is 30.4 Å². The summed E-state index contributed by atoms with van der Waals surface area (Å²) in [6.45, 7) is 3.79. The van der Waals surface area contributed by atoms with Crippen LogP contribution in [0.5, 0.6) is 5.75 Å². The molecule has 1 saturated heterocycles. The van der Waals surface area contributed by atoms with Crippen LogP contribution in [0.4, 0.5) is 4.39 Å². The minimum Gasteiger partial charge on any atom is -0.489 e. The van der Waals surface area contributed by atoms with Gasteiger partial charge in [-0.1, -0.05) is 24.3 Å². The van der Waals surface area contributed by atoms with Crippen molar-refractivity contribution in [3.8, 4) is 5.75 Å². The Bertz CT molecular complexity index is 763. The number of carbonyl (C=O) groups is 1. The first-order valence-electron chi connectivity index (χ1n) is 8.47. The summed E-state index contributed by atoms with van der Waals surface area (Å²) in [6, 6.07) is 12.4. The number of nitrogens with zero attached hydrogens (tertiary/aromatic N) is 1. The molecule has 2 aromatic rings. The quantitative estimate of drug-likeness (QED) is 0.877. The lowest BCUT2D eigenvalue weighted by Gasteiger charge is -2.22. The van der Waals surface area contributed by atoms with Crippen molar-refractivity contribution < 1.29 is 13.9 Å². The largest absolute Gasteiger partial charge is 0.489 e. The summed E-state index contributed by atoms with van der Waals surface area (Å²) in [5, 5.41) is 2.87. The average Bonchev–Trinajstić information content (AvgIpc) is 3.00. The van der Waals surface area contributed by atoms with Gasteiger partial charge in [-0.3, -0.25) is 9.69 Å². The zero-order chi connectivity index (χ0) is 17.8. The van der Waals surface area contributed by atoms with E-state index in [-0.39, 0.29) is 17.8 Å². The highest BCUT2D eigenvalue weighted by Crippen LogP contribution is 2.22. The molecule has 1 aliphatic heterocycles. The van der Waals surface area contributed by atoms with Gasteiger partial charge in [-0.05, 0) is 55.3 Å². The van der Waals surface area contributed by atoms with Crippen molar-refractivity contribution in [1.29, 1.82) is 0 Å². The predicted octanol–water partition coefficient (Wildman–Crippen LogP) is 3.03. The van der Waals surface area contributed by atoms with Crippen molar-refractivity contribution >= 4 is 5.91 Å². The number of benzene rings is 2. The summed E-state index contributed by atoms with van der Waals surface area (Å²) in [5.41, 5.74) is 2.96. The summed E-state index contributed by atoms with van der Waals surface area (Å²) >= 11 is 0. The van der Waals surface area contributed by atoms with Crippen LogP contribution in [0.1, 0.15) is 23.1 Å². The molecule has 25 heavy (non-hydrogen) atoms. The first-order valence-corrected chi connectivity index (χ1v) is 8.47. The molecule has 4 nitrogen and oxygen atoms in total. The van der Waals surface area contributed by atoms with Gasteiger partial charge in [0, 0.05) is 13.1 Å². The van der Waals surface area contributed by atoms with Crippen LogP contribution < -0.4 is 10.1 Å². The maximum absolute atomic E-state index is 13.2. The minimum absolute atomic E-state index is 0.0517. The molecule has 2 aromatic carbocycles. The summed E-state index contributed by atoms with van der Waals surface area (Å²) in [5.74, 6) is 0.635. The zero-order valence-electron chi connectivity index (χ0n) is 14.6. The molecule has 132 valence electrons. The number of ether oxygens (including phenoxy) is 1. The fourth-order valence-electron chi connectivity index (χ4n) is 3.16. The lowest BCUT2D eigenvalue weighted by molar-refractivity contribution is -0.123. The Hall–Kier alpha value is -2.40. The number of amides is 1. The van der Waals surface area contributed by atoms with Gasteiger partial charge in [-0.25, -0.2) is 4.39 Å². The van der Waals surface area contributed by atoms with Crippen LogP contribution >= 0.6 is 0 Å². The van der Waals surface area contributed by atoms with E-state index in [0.717, 1.165) is 35.4 Å². The molecular formula is C20H23FN2O2. The van der Waals surface area contributed by atoms with Gasteiger partial charge in [0.15, 0.2) is 0 Å². The Labute approximate surface area is 147 Å². The number of nitrogens with one attached hydrogen (secondary N) is 1. The summed E-state index contributed by atoms with van der Waals surface area (Å²) in [6.07, 6.45) is 0.850. The van der Waals surface area contributed by atoms with Gasteiger partial charge in [0.05, 0.1) is 6.04 Å². The molecule has 0 radical (unpaired) electrons. The second kappa shape index (κ2) is 7.66. The summed E-state index contributed by atoms with van der Waals surface area (Å²) in [4.78, 5) is 13.8. The number of halogens is 1. The van der Waals surface area contributed by atoms with E-state index in [4.69, 9.17) is 4.74 Å². The third-order valence-corrected chi connectivity index (χ3v) is 4.51. The smallest absolute Gasteiger partial charge is 0.237 e. The van der Waals surface area contributed by atoms with Gasteiger partial charge < -0.3 is 10.1 Å². The molecule has 1 amide bonds. The molecule has 3 rings (SSSR count). The van der Waals surface area contributed by atoms with Gasteiger partial charge in [0.2, 0.25) is 5.91 Å². The first-order chi connectivity index (χ1) is 12.0. The molecule has 1 N–H and O–H groups in total. The van der Waals surface area contributed by atoms with Crippen LogP contribution in [0.25, 0.3) is 0 Å². The van der Waals surface area contributed by atoms with E-state index in [2.05, 4.69) is 16.3 Å². The van der Waals surface area contributed by atoms with E-state index in [9.17, 15) is 9.18 Å². The lowest BCUT2D eigenvalue weighted by atomic mass is 10.1. The van der Waals surface area contributed by atoms with Crippen molar-refractivity contribution in [3.63, 3.8) is 0 Å². The normalized spacial score (nSPS) is 17.0. The fourth-order valence-corrected chi connectivity index (χ4v) is 3.16. The first kappa shape index (κ1) is 17.4. The third-order valence-electron chi connectivity index (χ3n) is 4.51. The maximum Gasteiger partial charge on any atom is 0.237 e. The fraction of sp³-hybridized carbons (Fsp3) is 0.350. The Morgan fingerprint density at radius 2 is 2.08 bits per heavy atom. The number of likely N-dealkylation sites (N-methyl/N-ethyl adjacent to an activating group) is 1. The molecule has 0 spiro atoms. The average molecular weight is 342 g/mol. The van der Waals surface area contributed by atoms with Crippen LogP contribution in [-0.2, 0) is 17.9 Å². The van der Waals surface area contributed by atoms with E-state index in [1.807, 2.05) is 32.2 Å². The number of rotatable bonds is 6. The third kappa shape index (κ3) is 4.37. The van der Waals surface area contributed by atoms with E-state index in [0.29, 0.717) is 13.2 Å². The SMILES string of the molecule is Cc1cc(CN(C)C2CCNC2=O)ccc1OCc1cccc(F)c1. The monoisotopic (exact) mass is 342 g/mol. The van der Waals surface area contributed by atoms with E-state index in [1.54, 1.807) is 6.07 Å². The van der Waals surface area contributed by atoms with Crippen molar-refractivity contribution in [1.82, 2.24) is 10.2 Å². The molecule has 1 heterocycles. The van der Waals surface area contributed by atoms with Crippen LogP contribution in [0.15, 0.2) is 42.5 Å². The molecule has 1 aliphatic rings. The Morgan fingerprint density at radius 1 is 1.24 bits per heavy atom. The van der Waals surface area contributed by atoms with Crippen molar-refractivity contribution in [2.24, 2.45) is 0 Å². The second-order valence-electron chi connectivity index (χ2n) is 6.53. The van der Waals surface area contributed by atoms with Crippen molar-refractivity contribution in [2.45, 2.75) is 32.5 Å². The van der Waals surface area contributed by atoms with E-state index >= 15 is 0 Å². The highest BCUT2D eigenvalue weighted by atomic mass is 19.1. The molecule has 0 aliphatic carbocycles. The standard InChI is InChI=1S/C20H23FN2O2/c1-14-10-15(12-23(2)18-8-9-22-20(18)24)6-7-19(14)25-13-16-4-3-5-17(21)11-16/h3-7,10-11,18H,8-9,12-13H2,1-2H3,(H,22,24). The molecule has 0 saturated carbocycles. The molecule has 0 bridgehead atoms. The van der Waals surface area contributed by atoms with Gasteiger partial charge in [-0.15, -0.1) is 0 Å². The summed E-state index contributed by atoms with van der Waals surface area (Å²) in [7, 11) is 1.97. The Morgan fingerprint density at radius 3 is 2.76 bits per heavy atom. The van der Waals surface area contributed by atoms with Crippen molar-refractivity contribution in [3.05, 3.63) is 65.0 Å². The van der Waals surface area contributed by atoms with E-state index in [1.165, 1.54) is 12.1 Å². The number of hydrogen-bond acceptors (Lipinski definition) is 3. The number of hydrogen-bond donors (Lipinski definition) is 1. The van der Waals surface area contributed by atoms with Gasteiger partial charge in [-0.2, -0.15) is 0 Å². The van der Waals surface area contributed by atoms with E-state index < -0.39 is 0 Å². The molecule has 1 fully saturated rings. The molecule has 5 heteroatoms. The minimum atomic E-state index is -0.257. The van der Waals surface area contributed by atoms with Gasteiger partial charge >= 0.3 is 0 Å². The Balaban J connectivity index is 1.61. The molecule has 1 atom stereocenters. The maximum atomic E-state index is 13.2. The predicted molar refractivity (Wildman–Crippen MR) is 94.8 cm³/mol. The Kier molecular flexibility index (Phi) is 5.34. The lowest BCUT2D eigenvalue weighted by Crippen LogP contribution is -2.37. The van der Waals surface area contributed by atoms with Crippen LogP contribution in [0.2, 0.25) is 0 Å². The molecule has 1 unspecified atom stereocenters. The topological polar surface area (TPSA) is 41.6 Å².